The van der Waals surface area contributed by atoms with Gasteiger partial charge in [-0.1, -0.05) is 33.6 Å². The molecule has 1 heterocycles. The minimum Gasteiger partial charge on any atom is -0.493 e. The van der Waals surface area contributed by atoms with Gasteiger partial charge in [0, 0.05) is 22.1 Å². The van der Waals surface area contributed by atoms with E-state index in [1.54, 1.807) is 0 Å². The number of hydrogen-bond donors (Lipinski definition) is 1. The van der Waals surface area contributed by atoms with Crippen molar-refractivity contribution in [1.29, 1.82) is 0 Å². The van der Waals surface area contributed by atoms with Crippen molar-refractivity contribution >= 4 is 21.6 Å². The molecule has 0 saturated carbocycles. The van der Waals surface area contributed by atoms with Crippen LogP contribution in [0.15, 0.2) is 46.9 Å². The molecular weight excluding hydrogens is 302 g/mol. The lowest BCUT2D eigenvalue weighted by Crippen LogP contribution is -2.20. The molecule has 3 heteroatoms. The summed E-state index contributed by atoms with van der Waals surface area (Å²) in [4.78, 5) is 0. The summed E-state index contributed by atoms with van der Waals surface area (Å²) in [5.41, 5.74) is 3.66. The molecule has 0 aromatic heterocycles. The third-order valence-electron chi connectivity index (χ3n) is 3.40. The molecule has 0 radical (unpaired) electrons. The normalized spacial score (nSPS) is 17.5. The molecule has 0 bridgehead atoms. The predicted octanol–water partition coefficient (Wildman–Crippen LogP) is 4.69. The number of benzene rings is 2. The average Bonchev–Trinajstić information content (AvgIpc) is 2.42. The summed E-state index contributed by atoms with van der Waals surface area (Å²) in [6.45, 7) is 2.86. The summed E-state index contributed by atoms with van der Waals surface area (Å²) in [5, 5.41) is 3.59. The molecule has 2 aromatic rings. The molecule has 1 aliphatic heterocycles. The van der Waals surface area contributed by atoms with Crippen molar-refractivity contribution in [2.24, 2.45) is 0 Å². The Morgan fingerprint density at radius 2 is 1.95 bits per heavy atom. The molecule has 1 atom stereocenters. The van der Waals surface area contributed by atoms with E-state index < -0.39 is 0 Å². The first-order chi connectivity index (χ1) is 9.22. The third-order valence-corrected chi connectivity index (χ3v) is 3.90. The molecule has 2 aromatic carbocycles. The SMILES string of the molecule is Cc1ccc(NC2CCOc3ccc(Br)cc32)cc1. The lowest BCUT2D eigenvalue weighted by molar-refractivity contribution is 0.274. The van der Waals surface area contributed by atoms with Crippen molar-refractivity contribution in [2.75, 3.05) is 11.9 Å². The highest BCUT2D eigenvalue weighted by Crippen LogP contribution is 2.36. The van der Waals surface area contributed by atoms with Crippen molar-refractivity contribution in [1.82, 2.24) is 0 Å². The first-order valence-corrected chi connectivity index (χ1v) is 7.27. The van der Waals surface area contributed by atoms with Gasteiger partial charge in [0.2, 0.25) is 0 Å². The number of anilines is 1. The summed E-state index contributed by atoms with van der Waals surface area (Å²) in [6.07, 6.45) is 0.983. The van der Waals surface area contributed by atoms with E-state index in [1.165, 1.54) is 11.1 Å². The fourth-order valence-corrected chi connectivity index (χ4v) is 2.74. The number of rotatable bonds is 2. The van der Waals surface area contributed by atoms with Gasteiger partial charge in [0.05, 0.1) is 12.6 Å². The summed E-state index contributed by atoms with van der Waals surface area (Å²) >= 11 is 3.53. The maximum Gasteiger partial charge on any atom is 0.124 e. The first kappa shape index (κ1) is 12.5. The molecule has 98 valence electrons. The van der Waals surface area contributed by atoms with Crippen molar-refractivity contribution in [3.63, 3.8) is 0 Å². The Morgan fingerprint density at radius 3 is 2.74 bits per heavy atom. The Balaban J connectivity index is 1.87. The van der Waals surface area contributed by atoms with Gasteiger partial charge in [0.25, 0.3) is 0 Å². The molecule has 1 N–H and O–H groups in total. The smallest absolute Gasteiger partial charge is 0.124 e. The van der Waals surface area contributed by atoms with Crippen LogP contribution in [0.1, 0.15) is 23.6 Å². The van der Waals surface area contributed by atoms with Gasteiger partial charge in [-0.2, -0.15) is 0 Å². The van der Waals surface area contributed by atoms with E-state index in [-0.39, 0.29) is 0 Å². The highest BCUT2D eigenvalue weighted by atomic mass is 79.9. The van der Waals surface area contributed by atoms with Gasteiger partial charge < -0.3 is 10.1 Å². The minimum atomic E-state index is 0.309. The lowest BCUT2D eigenvalue weighted by Gasteiger charge is -2.27. The van der Waals surface area contributed by atoms with Crippen LogP contribution in [0.3, 0.4) is 0 Å². The lowest BCUT2D eigenvalue weighted by atomic mass is 10.00. The Labute approximate surface area is 121 Å². The van der Waals surface area contributed by atoms with E-state index in [0.29, 0.717) is 6.04 Å². The summed E-state index contributed by atoms with van der Waals surface area (Å²) < 4.78 is 6.79. The van der Waals surface area contributed by atoms with Crippen LogP contribution in [0.25, 0.3) is 0 Å². The van der Waals surface area contributed by atoms with Gasteiger partial charge in [-0.3, -0.25) is 0 Å². The molecule has 0 saturated heterocycles. The molecule has 19 heavy (non-hydrogen) atoms. The second-order valence-electron chi connectivity index (χ2n) is 4.88. The molecule has 3 rings (SSSR count). The van der Waals surface area contributed by atoms with Gasteiger partial charge in [-0.25, -0.2) is 0 Å². The molecule has 0 aliphatic carbocycles. The van der Waals surface area contributed by atoms with Crippen LogP contribution in [0, 0.1) is 6.92 Å². The zero-order valence-electron chi connectivity index (χ0n) is 10.8. The largest absolute Gasteiger partial charge is 0.493 e. The van der Waals surface area contributed by atoms with Crippen LogP contribution >= 0.6 is 15.9 Å². The monoisotopic (exact) mass is 317 g/mol. The Morgan fingerprint density at radius 1 is 1.16 bits per heavy atom. The van der Waals surface area contributed by atoms with Crippen molar-refractivity contribution in [3.8, 4) is 5.75 Å². The fourth-order valence-electron chi connectivity index (χ4n) is 2.37. The summed E-state index contributed by atoms with van der Waals surface area (Å²) in [7, 11) is 0. The number of ether oxygens (including phenoxy) is 1. The average molecular weight is 318 g/mol. The molecule has 0 spiro atoms. The third kappa shape index (κ3) is 2.76. The highest BCUT2D eigenvalue weighted by Gasteiger charge is 2.21. The van der Waals surface area contributed by atoms with E-state index in [4.69, 9.17) is 4.74 Å². The Bertz CT molecular complexity index is 580. The Kier molecular flexibility index (Phi) is 3.47. The zero-order valence-corrected chi connectivity index (χ0v) is 12.4. The van der Waals surface area contributed by atoms with E-state index in [2.05, 4.69) is 58.5 Å². The molecule has 0 fully saturated rings. The second-order valence-corrected chi connectivity index (χ2v) is 5.80. The van der Waals surface area contributed by atoms with E-state index in [0.717, 1.165) is 28.9 Å². The van der Waals surface area contributed by atoms with Crippen molar-refractivity contribution in [2.45, 2.75) is 19.4 Å². The van der Waals surface area contributed by atoms with Gasteiger partial charge in [-0.05, 0) is 37.3 Å². The zero-order chi connectivity index (χ0) is 13.2. The van der Waals surface area contributed by atoms with E-state index >= 15 is 0 Å². The number of hydrogen-bond acceptors (Lipinski definition) is 2. The maximum absolute atomic E-state index is 5.70. The van der Waals surface area contributed by atoms with Crippen LogP contribution in [0.2, 0.25) is 0 Å². The highest BCUT2D eigenvalue weighted by molar-refractivity contribution is 9.10. The van der Waals surface area contributed by atoms with Crippen molar-refractivity contribution in [3.05, 3.63) is 58.1 Å². The van der Waals surface area contributed by atoms with Crippen LogP contribution in [0.5, 0.6) is 5.75 Å². The van der Waals surface area contributed by atoms with E-state index in [9.17, 15) is 0 Å². The standard InChI is InChI=1S/C16H16BrNO/c1-11-2-5-13(6-3-11)18-15-8-9-19-16-7-4-12(17)10-14(15)16/h2-7,10,15,18H,8-9H2,1H3. The molecular formula is C16H16BrNO. The minimum absolute atomic E-state index is 0.309. The number of aryl methyl sites for hydroxylation is 1. The molecule has 1 unspecified atom stereocenters. The first-order valence-electron chi connectivity index (χ1n) is 6.48. The fraction of sp³-hybridized carbons (Fsp3) is 0.250. The van der Waals surface area contributed by atoms with Crippen LogP contribution in [-0.2, 0) is 0 Å². The van der Waals surface area contributed by atoms with Crippen LogP contribution < -0.4 is 10.1 Å². The molecule has 1 aliphatic rings. The van der Waals surface area contributed by atoms with Gasteiger partial charge >= 0.3 is 0 Å². The number of fused-ring (bicyclic) bond motifs is 1. The van der Waals surface area contributed by atoms with Crippen molar-refractivity contribution < 1.29 is 4.74 Å². The van der Waals surface area contributed by atoms with E-state index in [1.807, 2.05) is 12.1 Å². The quantitative estimate of drug-likeness (QED) is 0.867. The van der Waals surface area contributed by atoms with Crippen LogP contribution in [-0.4, -0.2) is 6.61 Å². The Hall–Kier alpha value is -1.48. The summed E-state index contributed by atoms with van der Waals surface area (Å²) in [5.74, 6) is 0.985. The molecule has 2 nitrogen and oxygen atoms in total. The summed E-state index contributed by atoms with van der Waals surface area (Å²) in [6, 6.07) is 15.0. The number of nitrogens with one attached hydrogen (secondary N) is 1. The predicted molar refractivity (Wildman–Crippen MR) is 81.8 cm³/mol. The number of halogens is 1. The van der Waals surface area contributed by atoms with Gasteiger partial charge in [-0.15, -0.1) is 0 Å². The topological polar surface area (TPSA) is 21.3 Å². The molecule has 0 amide bonds. The maximum atomic E-state index is 5.70. The van der Waals surface area contributed by atoms with Gasteiger partial charge in [0.1, 0.15) is 5.75 Å². The van der Waals surface area contributed by atoms with Gasteiger partial charge in [0.15, 0.2) is 0 Å². The van der Waals surface area contributed by atoms with Crippen LogP contribution in [0.4, 0.5) is 5.69 Å². The second kappa shape index (κ2) is 5.25.